The minimum Gasteiger partial charge on any atom is -0.494 e. The fourth-order valence-corrected chi connectivity index (χ4v) is 1.97. The van der Waals surface area contributed by atoms with Crippen LogP contribution in [0.15, 0.2) is 29.1 Å². The molecule has 2 heterocycles. The topological polar surface area (TPSA) is 114 Å². The summed E-state index contributed by atoms with van der Waals surface area (Å²) in [5.41, 5.74) is 0.369. The molecule has 0 bridgehead atoms. The number of nitrogens with one attached hydrogen (secondary N) is 2. The van der Waals surface area contributed by atoms with E-state index in [0.717, 1.165) is 5.75 Å². The maximum absolute atomic E-state index is 11.9. The van der Waals surface area contributed by atoms with Crippen molar-refractivity contribution >= 4 is 0 Å². The zero-order chi connectivity index (χ0) is 14.7. The van der Waals surface area contributed by atoms with Crippen molar-refractivity contribution in [1.82, 2.24) is 35.4 Å². The Balaban J connectivity index is 1.94. The molecule has 0 saturated carbocycles. The number of ether oxygens (including phenoxy) is 1. The first-order valence-corrected chi connectivity index (χ1v) is 6.39. The van der Waals surface area contributed by atoms with Crippen molar-refractivity contribution in [3.63, 3.8) is 0 Å². The highest BCUT2D eigenvalue weighted by Gasteiger charge is 2.13. The lowest BCUT2D eigenvalue weighted by atomic mass is 10.3. The molecule has 3 rings (SSSR count). The zero-order valence-electron chi connectivity index (χ0n) is 11.3. The Morgan fingerprint density at radius 3 is 2.71 bits per heavy atom. The van der Waals surface area contributed by atoms with Gasteiger partial charge in [0.05, 0.1) is 18.7 Å². The van der Waals surface area contributed by atoms with E-state index in [9.17, 15) is 4.79 Å². The number of aromatic nitrogens is 7. The van der Waals surface area contributed by atoms with Gasteiger partial charge in [0, 0.05) is 0 Å². The van der Waals surface area contributed by atoms with Gasteiger partial charge in [-0.25, -0.2) is 14.5 Å². The average molecular weight is 287 g/mol. The lowest BCUT2D eigenvalue weighted by Gasteiger charge is -2.06. The minimum absolute atomic E-state index is 0.294. The summed E-state index contributed by atoms with van der Waals surface area (Å²) < 4.78 is 6.85. The highest BCUT2D eigenvalue weighted by molar-refractivity contribution is 5.38. The van der Waals surface area contributed by atoms with Crippen LogP contribution in [0.1, 0.15) is 18.6 Å². The molecule has 1 aromatic carbocycles. The van der Waals surface area contributed by atoms with E-state index in [2.05, 4.69) is 30.8 Å². The third-order valence-corrected chi connectivity index (χ3v) is 2.85. The van der Waals surface area contributed by atoms with Crippen molar-refractivity contribution in [2.24, 2.45) is 0 Å². The predicted octanol–water partition coefficient (Wildman–Crippen LogP) is 0.0632. The van der Waals surface area contributed by atoms with Crippen LogP contribution in [0.3, 0.4) is 0 Å². The minimum atomic E-state index is -0.322. The van der Waals surface area contributed by atoms with Gasteiger partial charge in [0.15, 0.2) is 5.82 Å². The fraction of sp³-hybridized carbons (Fsp3) is 0.250. The Kier molecular flexibility index (Phi) is 3.46. The molecule has 21 heavy (non-hydrogen) atoms. The number of aromatic amines is 2. The maximum atomic E-state index is 11.9. The summed E-state index contributed by atoms with van der Waals surface area (Å²) in [6, 6.07) is 7.19. The van der Waals surface area contributed by atoms with Gasteiger partial charge in [0.25, 0.3) is 0 Å². The monoisotopic (exact) mass is 287 g/mol. The fourth-order valence-electron chi connectivity index (χ4n) is 1.97. The van der Waals surface area contributed by atoms with E-state index in [4.69, 9.17) is 4.74 Å². The van der Waals surface area contributed by atoms with Crippen LogP contribution in [-0.4, -0.2) is 42.0 Å². The van der Waals surface area contributed by atoms with Crippen molar-refractivity contribution in [2.45, 2.75) is 13.3 Å². The number of benzene rings is 1. The smallest absolute Gasteiger partial charge is 0.347 e. The molecule has 9 heteroatoms. The summed E-state index contributed by atoms with van der Waals surface area (Å²) in [6.07, 6.45) is 0.294. The van der Waals surface area contributed by atoms with Gasteiger partial charge in [0.2, 0.25) is 0 Å². The number of tetrazole rings is 1. The van der Waals surface area contributed by atoms with E-state index in [0.29, 0.717) is 30.4 Å². The number of rotatable bonds is 5. The quantitative estimate of drug-likeness (QED) is 0.686. The molecule has 2 aromatic heterocycles. The third-order valence-electron chi connectivity index (χ3n) is 2.85. The molecule has 0 radical (unpaired) electrons. The largest absolute Gasteiger partial charge is 0.494 e. The van der Waals surface area contributed by atoms with Crippen molar-refractivity contribution < 1.29 is 4.74 Å². The van der Waals surface area contributed by atoms with Crippen LogP contribution < -0.4 is 10.4 Å². The van der Waals surface area contributed by atoms with Gasteiger partial charge in [0.1, 0.15) is 11.6 Å². The number of hydrogen-bond acceptors (Lipinski definition) is 6. The Bertz CT molecular complexity index is 758. The van der Waals surface area contributed by atoms with Gasteiger partial charge < -0.3 is 4.74 Å². The zero-order valence-corrected chi connectivity index (χ0v) is 11.3. The van der Waals surface area contributed by atoms with Gasteiger partial charge >= 0.3 is 5.69 Å². The summed E-state index contributed by atoms with van der Waals surface area (Å²) >= 11 is 0. The molecule has 3 aromatic rings. The third kappa shape index (κ3) is 2.66. The van der Waals surface area contributed by atoms with Crippen molar-refractivity contribution in [3.8, 4) is 11.4 Å². The second-order valence-corrected chi connectivity index (χ2v) is 4.21. The lowest BCUT2D eigenvalue weighted by Crippen LogP contribution is -2.17. The standard InChI is InChI=1S/C12H13N7O2/c1-2-21-9-5-3-8(4-6-9)19-11(15-16-12(19)20)7-10-13-17-18-14-10/h3-6H,2,7H2,1H3,(H,16,20)(H,13,14,17,18). The second kappa shape index (κ2) is 5.57. The summed E-state index contributed by atoms with van der Waals surface area (Å²) in [6.45, 7) is 2.51. The summed E-state index contributed by atoms with van der Waals surface area (Å²) in [4.78, 5) is 11.9. The first-order chi connectivity index (χ1) is 10.3. The van der Waals surface area contributed by atoms with Gasteiger partial charge in [-0.3, -0.25) is 0 Å². The molecule has 108 valence electrons. The number of H-pyrrole nitrogens is 2. The molecule has 0 aliphatic rings. The van der Waals surface area contributed by atoms with E-state index in [1.807, 2.05) is 6.92 Å². The Morgan fingerprint density at radius 1 is 1.24 bits per heavy atom. The molecule has 0 atom stereocenters. The first kappa shape index (κ1) is 13.0. The maximum Gasteiger partial charge on any atom is 0.347 e. The van der Waals surface area contributed by atoms with Crippen molar-refractivity contribution in [1.29, 1.82) is 0 Å². The number of nitrogens with zero attached hydrogens (tertiary/aromatic N) is 5. The van der Waals surface area contributed by atoms with Crippen LogP contribution in [0, 0.1) is 0 Å². The molecule has 0 fully saturated rings. The van der Waals surface area contributed by atoms with Crippen molar-refractivity contribution in [2.75, 3.05) is 6.61 Å². The molecule has 0 saturated heterocycles. The Morgan fingerprint density at radius 2 is 2.05 bits per heavy atom. The molecule has 9 nitrogen and oxygen atoms in total. The molecular weight excluding hydrogens is 274 g/mol. The Labute approximate surface area is 119 Å². The van der Waals surface area contributed by atoms with Crippen LogP contribution in [0.2, 0.25) is 0 Å². The molecule has 2 N–H and O–H groups in total. The van der Waals surface area contributed by atoms with Crippen molar-refractivity contribution in [3.05, 3.63) is 46.4 Å². The van der Waals surface area contributed by atoms with E-state index < -0.39 is 0 Å². The second-order valence-electron chi connectivity index (χ2n) is 4.21. The molecule has 0 amide bonds. The highest BCUT2D eigenvalue weighted by atomic mass is 16.5. The summed E-state index contributed by atoms with van der Waals surface area (Å²) in [5, 5.41) is 20.0. The van der Waals surface area contributed by atoms with Crippen LogP contribution >= 0.6 is 0 Å². The van der Waals surface area contributed by atoms with E-state index in [1.165, 1.54) is 4.57 Å². The van der Waals surface area contributed by atoms with Crippen LogP contribution in [0.4, 0.5) is 0 Å². The average Bonchev–Trinajstić information content (AvgIpc) is 3.11. The predicted molar refractivity (Wildman–Crippen MR) is 72.3 cm³/mol. The Hall–Kier alpha value is -2.97. The van der Waals surface area contributed by atoms with Crippen LogP contribution in [0.25, 0.3) is 5.69 Å². The van der Waals surface area contributed by atoms with E-state index in [-0.39, 0.29) is 5.69 Å². The SMILES string of the molecule is CCOc1ccc(-n2c(Cc3nn[nH]n3)n[nH]c2=O)cc1. The van der Waals surface area contributed by atoms with E-state index in [1.54, 1.807) is 24.3 Å². The van der Waals surface area contributed by atoms with Gasteiger partial charge in [-0.2, -0.15) is 10.3 Å². The molecular formula is C12H13N7O2. The molecule has 0 aliphatic carbocycles. The van der Waals surface area contributed by atoms with Crippen LogP contribution in [0.5, 0.6) is 5.75 Å². The molecule has 0 spiro atoms. The van der Waals surface area contributed by atoms with Gasteiger partial charge in [-0.15, -0.1) is 10.2 Å². The van der Waals surface area contributed by atoms with Gasteiger partial charge in [-0.1, -0.05) is 5.21 Å². The first-order valence-electron chi connectivity index (χ1n) is 6.39. The molecule has 0 aliphatic heterocycles. The lowest BCUT2D eigenvalue weighted by molar-refractivity contribution is 0.340. The highest BCUT2D eigenvalue weighted by Crippen LogP contribution is 2.15. The van der Waals surface area contributed by atoms with Gasteiger partial charge in [-0.05, 0) is 31.2 Å². The number of hydrogen-bond donors (Lipinski definition) is 2. The molecule has 0 unspecified atom stereocenters. The summed E-state index contributed by atoms with van der Waals surface area (Å²) in [5.74, 6) is 1.71. The van der Waals surface area contributed by atoms with E-state index >= 15 is 0 Å². The summed E-state index contributed by atoms with van der Waals surface area (Å²) in [7, 11) is 0. The normalized spacial score (nSPS) is 10.7. The van der Waals surface area contributed by atoms with Crippen LogP contribution in [-0.2, 0) is 6.42 Å².